The van der Waals surface area contributed by atoms with Crippen LogP contribution in [0.4, 0.5) is 11.4 Å². The van der Waals surface area contributed by atoms with E-state index in [-0.39, 0.29) is 17.7 Å². The van der Waals surface area contributed by atoms with Crippen LogP contribution in [0.3, 0.4) is 0 Å². The number of hydrogen-bond acceptors (Lipinski definition) is 3. The fourth-order valence-electron chi connectivity index (χ4n) is 2.84. The summed E-state index contributed by atoms with van der Waals surface area (Å²) in [5.74, 6) is 0.164. The maximum absolute atomic E-state index is 12.2. The Labute approximate surface area is 138 Å². The van der Waals surface area contributed by atoms with Crippen LogP contribution in [-0.4, -0.2) is 24.4 Å². The molecule has 0 saturated heterocycles. The molecule has 1 aromatic rings. The Morgan fingerprint density at radius 2 is 2.09 bits per heavy atom. The molecule has 5 heteroatoms. The van der Waals surface area contributed by atoms with Crippen molar-refractivity contribution >= 4 is 23.2 Å². The Hall–Kier alpha value is -1.88. The molecule has 5 nitrogen and oxygen atoms in total. The van der Waals surface area contributed by atoms with E-state index in [2.05, 4.69) is 12.2 Å². The van der Waals surface area contributed by atoms with E-state index in [4.69, 9.17) is 5.73 Å². The van der Waals surface area contributed by atoms with Gasteiger partial charge in [-0.1, -0.05) is 27.2 Å². The van der Waals surface area contributed by atoms with Crippen LogP contribution in [0.1, 0.15) is 45.6 Å². The average molecular weight is 317 g/mol. The number of nitrogens with two attached hydrogens (primary N) is 1. The highest BCUT2D eigenvalue weighted by Crippen LogP contribution is 2.30. The second-order valence-electron chi connectivity index (χ2n) is 6.29. The lowest BCUT2D eigenvalue weighted by atomic mass is 9.98. The molecule has 0 aliphatic carbocycles. The molecular formula is C18H27N3O2. The van der Waals surface area contributed by atoms with Crippen molar-refractivity contribution in [2.75, 3.05) is 16.8 Å². The number of nitrogens with zero attached hydrogens (tertiary/aromatic N) is 1. The number of nitrogens with one attached hydrogen (secondary N) is 1. The lowest BCUT2D eigenvalue weighted by molar-refractivity contribution is -0.119. The summed E-state index contributed by atoms with van der Waals surface area (Å²) in [4.78, 5) is 26.1. The minimum atomic E-state index is -0.505. The van der Waals surface area contributed by atoms with Gasteiger partial charge in [-0.3, -0.25) is 9.59 Å². The Morgan fingerprint density at radius 3 is 2.74 bits per heavy atom. The molecule has 126 valence electrons. The van der Waals surface area contributed by atoms with Gasteiger partial charge in [0.25, 0.3) is 0 Å². The van der Waals surface area contributed by atoms with E-state index in [1.807, 2.05) is 36.9 Å². The number of hydrogen-bond donors (Lipinski definition) is 2. The van der Waals surface area contributed by atoms with Crippen molar-refractivity contribution in [1.29, 1.82) is 0 Å². The predicted molar refractivity (Wildman–Crippen MR) is 93.5 cm³/mol. The summed E-state index contributed by atoms with van der Waals surface area (Å²) in [5, 5.41) is 2.90. The molecular weight excluding hydrogens is 290 g/mol. The van der Waals surface area contributed by atoms with Gasteiger partial charge in [0, 0.05) is 24.3 Å². The van der Waals surface area contributed by atoms with Crippen molar-refractivity contribution in [2.45, 2.75) is 52.5 Å². The third-order valence-electron chi connectivity index (χ3n) is 4.55. The summed E-state index contributed by atoms with van der Waals surface area (Å²) in [6, 6.07) is 5.23. The summed E-state index contributed by atoms with van der Waals surface area (Å²) >= 11 is 0. The maximum atomic E-state index is 12.2. The first kappa shape index (κ1) is 17.5. The van der Waals surface area contributed by atoms with Gasteiger partial charge in [0.15, 0.2) is 0 Å². The highest BCUT2D eigenvalue weighted by Gasteiger charge is 2.24. The molecule has 0 spiro atoms. The molecule has 2 atom stereocenters. The molecule has 2 rings (SSSR count). The molecule has 1 aromatic carbocycles. The molecule has 0 radical (unpaired) electrons. The van der Waals surface area contributed by atoms with E-state index in [9.17, 15) is 9.59 Å². The standard InChI is InChI=1S/C18H27N3O2/c1-4-10-21-15-8-7-14(11-13(15)6-9-16(21)22)20-18(23)17(19)12(3)5-2/h7-8,11-12,17H,4-6,9-10,19H2,1-3H3,(H,20,23). The van der Waals surface area contributed by atoms with Gasteiger partial charge in [-0.25, -0.2) is 0 Å². The van der Waals surface area contributed by atoms with Crippen LogP contribution in [0.25, 0.3) is 0 Å². The van der Waals surface area contributed by atoms with Crippen molar-refractivity contribution in [2.24, 2.45) is 11.7 Å². The quantitative estimate of drug-likeness (QED) is 0.847. The number of carbonyl (C=O) groups is 2. The van der Waals surface area contributed by atoms with Crippen LogP contribution in [0.2, 0.25) is 0 Å². The predicted octanol–water partition coefficient (Wildman–Crippen LogP) is 2.69. The number of rotatable bonds is 6. The van der Waals surface area contributed by atoms with Gasteiger partial charge in [-0.15, -0.1) is 0 Å². The minimum absolute atomic E-state index is 0.144. The Bertz CT molecular complexity index is 586. The fraction of sp³-hybridized carbons (Fsp3) is 0.556. The largest absolute Gasteiger partial charge is 0.325 e. The SMILES string of the molecule is CCCN1C(=O)CCc2cc(NC(=O)C(N)C(C)CC)ccc21. The number of benzene rings is 1. The molecule has 0 saturated carbocycles. The van der Waals surface area contributed by atoms with Crippen LogP contribution in [0.5, 0.6) is 0 Å². The Morgan fingerprint density at radius 1 is 1.35 bits per heavy atom. The highest BCUT2D eigenvalue weighted by atomic mass is 16.2. The van der Waals surface area contributed by atoms with Crippen molar-refractivity contribution in [1.82, 2.24) is 0 Å². The lowest BCUT2D eigenvalue weighted by Gasteiger charge is -2.29. The molecule has 2 unspecified atom stereocenters. The van der Waals surface area contributed by atoms with Crippen molar-refractivity contribution in [3.8, 4) is 0 Å². The monoisotopic (exact) mass is 317 g/mol. The Balaban J connectivity index is 2.15. The summed E-state index contributed by atoms with van der Waals surface area (Å²) in [6.45, 7) is 6.80. The summed E-state index contributed by atoms with van der Waals surface area (Å²) < 4.78 is 0. The van der Waals surface area contributed by atoms with Gasteiger partial charge in [0.2, 0.25) is 11.8 Å². The number of aryl methyl sites for hydroxylation is 1. The molecule has 2 amide bonds. The zero-order valence-corrected chi connectivity index (χ0v) is 14.3. The molecule has 1 heterocycles. The first-order valence-corrected chi connectivity index (χ1v) is 8.47. The Kier molecular flexibility index (Phi) is 5.77. The number of amides is 2. The third-order valence-corrected chi connectivity index (χ3v) is 4.55. The number of carbonyl (C=O) groups excluding carboxylic acids is 2. The molecule has 1 aliphatic rings. The second kappa shape index (κ2) is 7.59. The summed E-state index contributed by atoms with van der Waals surface area (Å²) in [7, 11) is 0. The second-order valence-corrected chi connectivity index (χ2v) is 6.29. The van der Waals surface area contributed by atoms with Gasteiger partial charge >= 0.3 is 0 Å². The van der Waals surface area contributed by atoms with Gasteiger partial charge in [-0.2, -0.15) is 0 Å². The number of anilines is 2. The van der Waals surface area contributed by atoms with E-state index in [1.165, 1.54) is 0 Å². The van der Waals surface area contributed by atoms with Crippen LogP contribution < -0.4 is 16.0 Å². The average Bonchev–Trinajstić information content (AvgIpc) is 2.56. The van der Waals surface area contributed by atoms with Crippen molar-refractivity contribution < 1.29 is 9.59 Å². The van der Waals surface area contributed by atoms with E-state index < -0.39 is 6.04 Å². The van der Waals surface area contributed by atoms with Crippen LogP contribution >= 0.6 is 0 Å². The smallest absolute Gasteiger partial charge is 0.241 e. The normalized spacial score (nSPS) is 16.7. The van der Waals surface area contributed by atoms with Gasteiger partial charge in [0.1, 0.15) is 0 Å². The van der Waals surface area contributed by atoms with Crippen molar-refractivity contribution in [3.05, 3.63) is 23.8 Å². The summed E-state index contributed by atoms with van der Waals surface area (Å²) in [5.41, 5.74) is 8.79. The first-order valence-electron chi connectivity index (χ1n) is 8.47. The molecule has 0 aromatic heterocycles. The third kappa shape index (κ3) is 3.91. The minimum Gasteiger partial charge on any atom is -0.325 e. The van der Waals surface area contributed by atoms with Crippen molar-refractivity contribution in [3.63, 3.8) is 0 Å². The van der Waals surface area contributed by atoms with Gasteiger partial charge in [0.05, 0.1) is 6.04 Å². The molecule has 0 bridgehead atoms. The first-order chi connectivity index (χ1) is 11.0. The van der Waals surface area contributed by atoms with Crippen LogP contribution in [-0.2, 0) is 16.0 Å². The van der Waals surface area contributed by atoms with E-state index in [0.29, 0.717) is 6.42 Å². The molecule has 23 heavy (non-hydrogen) atoms. The fourth-order valence-corrected chi connectivity index (χ4v) is 2.84. The van der Waals surface area contributed by atoms with Gasteiger partial charge in [-0.05, 0) is 42.5 Å². The van der Waals surface area contributed by atoms with Crippen LogP contribution in [0, 0.1) is 5.92 Å². The lowest BCUT2D eigenvalue weighted by Crippen LogP contribution is -2.40. The topological polar surface area (TPSA) is 75.4 Å². The summed E-state index contributed by atoms with van der Waals surface area (Å²) in [6.07, 6.45) is 3.03. The molecule has 0 fully saturated rings. The zero-order valence-electron chi connectivity index (χ0n) is 14.3. The van der Waals surface area contributed by atoms with Gasteiger partial charge < -0.3 is 16.0 Å². The van der Waals surface area contributed by atoms with E-state index >= 15 is 0 Å². The molecule has 1 aliphatic heterocycles. The van der Waals surface area contributed by atoms with E-state index in [1.54, 1.807) is 0 Å². The van der Waals surface area contributed by atoms with E-state index in [0.717, 1.165) is 42.7 Å². The highest BCUT2D eigenvalue weighted by molar-refractivity contribution is 5.98. The maximum Gasteiger partial charge on any atom is 0.241 e. The molecule has 3 N–H and O–H groups in total. The number of fused-ring (bicyclic) bond motifs is 1. The zero-order chi connectivity index (χ0) is 17.0. The van der Waals surface area contributed by atoms with Crippen LogP contribution in [0.15, 0.2) is 18.2 Å².